The van der Waals surface area contributed by atoms with Gasteiger partial charge in [-0.2, -0.15) is 10.9 Å². The molecule has 0 radical (unpaired) electrons. The van der Waals surface area contributed by atoms with Crippen LogP contribution in [0.2, 0.25) is 0 Å². The number of halogens is 1. The van der Waals surface area contributed by atoms with E-state index in [1.165, 1.54) is 16.0 Å². The summed E-state index contributed by atoms with van der Waals surface area (Å²) in [7, 11) is -0.183. The quantitative estimate of drug-likeness (QED) is 0.567. The molecule has 0 bridgehead atoms. The fourth-order valence-electron chi connectivity index (χ4n) is 1.59. The zero-order valence-electron chi connectivity index (χ0n) is 8.07. The summed E-state index contributed by atoms with van der Waals surface area (Å²) >= 11 is 5.79. The van der Waals surface area contributed by atoms with Gasteiger partial charge in [0.05, 0.1) is 0 Å². The van der Waals surface area contributed by atoms with Gasteiger partial charge in [0.15, 0.2) is 0 Å². The zero-order valence-corrected chi connectivity index (χ0v) is 9.72. The van der Waals surface area contributed by atoms with E-state index in [0.717, 1.165) is 0 Å². The molecule has 0 N–H and O–H groups in total. The molecule has 1 aromatic carbocycles. The summed E-state index contributed by atoms with van der Waals surface area (Å²) < 4.78 is 0. The number of rotatable bonds is 2. The van der Waals surface area contributed by atoms with Gasteiger partial charge in [0.25, 0.3) is 0 Å². The Kier molecular flexibility index (Phi) is 2.99. The summed E-state index contributed by atoms with van der Waals surface area (Å²) in [6.45, 7) is 2.16. The second-order valence-corrected chi connectivity index (χ2v) is 5.50. The predicted molar refractivity (Wildman–Crippen MR) is 66.3 cm³/mol. The SMILES string of the molecule is Cc1cc(CCl)ccc1[SH]1C=CC=C1. The molecule has 1 aliphatic rings. The van der Waals surface area contributed by atoms with Crippen LogP contribution in [-0.2, 0) is 5.88 Å². The minimum Gasteiger partial charge on any atom is -0.186 e. The standard InChI is InChI=1S/C12H13ClS/c1-10-8-11(9-13)4-5-12(10)14-6-2-3-7-14/h2-8,14H,9H2,1H3. The highest BCUT2D eigenvalue weighted by Crippen LogP contribution is 2.43. The molecule has 0 spiro atoms. The van der Waals surface area contributed by atoms with Crippen molar-refractivity contribution in [1.82, 2.24) is 0 Å². The Morgan fingerprint density at radius 3 is 2.50 bits per heavy atom. The van der Waals surface area contributed by atoms with E-state index in [0.29, 0.717) is 5.88 Å². The van der Waals surface area contributed by atoms with Gasteiger partial charge in [-0.25, -0.2) is 0 Å². The van der Waals surface area contributed by atoms with Crippen molar-refractivity contribution in [3.05, 3.63) is 52.3 Å². The van der Waals surface area contributed by atoms with E-state index in [9.17, 15) is 0 Å². The molecule has 14 heavy (non-hydrogen) atoms. The van der Waals surface area contributed by atoms with Gasteiger partial charge in [0, 0.05) is 5.88 Å². The van der Waals surface area contributed by atoms with E-state index in [2.05, 4.69) is 48.1 Å². The van der Waals surface area contributed by atoms with Gasteiger partial charge < -0.3 is 0 Å². The lowest BCUT2D eigenvalue weighted by Gasteiger charge is -2.14. The van der Waals surface area contributed by atoms with Crippen molar-refractivity contribution in [2.75, 3.05) is 0 Å². The molecule has 1 aromatic rings. The lowest BCUT2D eigenvalue weighted by Crippen LogP contribution is -1.85. The molecule has 2 rings (SSSR count). The number of benzene rings is 1. The van der Waals surface area contributed by atoms with Crippen molar-refractivity contribution in [3.8, 4) is 0 Å². The molecule has 0 unspecified atom stereocenters. The zero-order chi connectivity index (χ0) is 9.97. The molecule has 74 valence electrons. The smallest absolute Gasteiger partial charge is 0.0474 e. The van der Waals surface area contributed by atoms with E-state index < -0.39 is 0 Å². The number of hydrogen-bond acceptors (Lipinski definition) is 0. The number of thiol groups is 1. The van der Waals surface area contributed by atoms with E-state index in [4.69, 9.17) is 11.6 Å². The molecule has 0 aromatic heterocycles. The van der Waals surface area contributed by atoms with Crippen LogP contribution in [0.1, 0.15) is 11.1 Å². The lowest BCUT2D eigenvalue weighted by atomic mass is 10.2. The van der Waals surface area contributed by atoms with Crippen LogP contribution in [0.4, 0.5) is 0 Å². The maximum atomic E-state index is 5.79. The first-order chi connectivity index (χ1) is 6.81. The molecular formula is C12H13ClS. The highest BCUT2D eigenvalue weighted by molar-refractivity contribution is 8.22. The summed E-state index contributed by atoms with van der Waals surface area (Å²) in [6.07, 6.45) is 4.25. The van der Waals surface area contributed by atoms with E-state index in [-0.39, 0.29) is 10.9 Å². The number of hydrogen-bond donors (Lipinski definition) is 1. The third-order valence-corrected chi connectivity index (χ3v) is 4.65. The fraction of sp³-hybridized carbons (Fsp3) is 0.167. The van der Waals surface area contributed by atoms with Crippen molar-refractivity contribution >= 4 is 22.5 Å². The summed E-state index contributed by atoms with van der Waals surface area (Å²) in [4.78, 5) is 1.44. The van der Waals surface area contributed by atoms with Gasteiger partial charge in [-0.05, 0) is 39.8 Å². The van der Waals surface area contributed by atoms with Crippen LogP contribution in [0.15, 0.2) is 46.1 Å². The Morgan fingerprint density at radius 2 is 1.93 bits per heavy atom. The average molecular weight is 225 g/mol. The second kappa shape index (κ2) is 4.24. The number of aryl methyl sites for hydroxylation is 1. The molecule has 0 amide bonds. The molecule has 0 saturated carbocycles. The van der Waals surface area contributed by atoms with Crippen LogP contribution in [0.25, 0.3) is 0 Å². The van der Waals surface area contributed by atoms with Crippen molar-refractivity contribution in [1.29, 1.82) is 0 Å². The molecule has 0 saturated heterocycles. The Bertz CT molecular complexity index is 381. The molecule has 0 nitrogen and oxygen atoms in total. The fourth-order valence-corrected chi connectivity index (χ4v) is 3.46. The first-order valence-corrected chi connectivity index (χ1v) is 6.61. The largest absolute Gasteiger partial charge is 0.186 e. The molecule has 2 heteroatoms. The summed E-state index contributed by atoms with van der Waals surface area (Å²) in [5.41, 5.74) is 2.56. The van der Waals surface area contributed by atoms with Crippen molar-refractivity contribution < 1.29 is 0 Å². The molecular weight excluding hydrogens is 212 g/mol. The summed E-state index contributed by atoms with van der Waals surface area (Å²) in [6, 6.07) is 6.51. The molecule has 1 aliphatic heterocycles. The van der Waals surface area contributed by atoms with Gasteiger partial charge in [-0.15, -0.1) is 11.6 Å². The first kappa shape index (κ1) is 9.88. The molecule has 0 atom stereocenters. The van der Waals surface area contributed by atoms with Crippen molar-refractivity contribution in [3.63, 3.8) is 0 Å². The van der Waals surface area contributed by atoms with Gasteiger partial charge in [-0.3, -0.25) is 0 Å². The van der Waals surface area contributed by atoms with Gasteiger partial charge >= 0.3 is 0 Å². The Morgan fingerprint density at radius 1 is 1.21 bits per heavy atom. The first-order valence-electron chi connectivity index (χ1n) is 4.60. The third-order valence-electron chi connectivity index (χ3n) is 2.30. The monoisotopic (exact) mass is 224 g/mol. The summed E-state index contributed by atoms with van der Waals surface area (Å²) in [5, 5.41) is 4.55. The highest BCUT2D eigenvalue weighted by Gasteiger charge is 2.06. The minimum absolute atomic E-state index is 0.183. The lowest BCUT2D eigenvalue weighted by molar-refractivity contribution is 1.25. The van der Waals surface area contributed by atoms with Crippen LogP contribution in [-0.4, -0.2) is 0 Å². The molecule has 1 heterocycles. The van der Waals surface area contributed by atoms with Gasteiger partial charge in [0.2, 0.25) is 0 Å². The average Bonchev–Trinajstić information content (AvgIpc) is 2.70. The van der Waals surface area contributed by atoms with Crippen LogP contribution >= 0.6 is 22.5 Å². The number of allylic oxidation sites excluding steroid dienone is 2. The highest BCUT2D eigenvalue weighted by atomic mass is 35.5. The van der Waals surface area contributed by atoms with Gasteiger partial charge in [0.1, 0.15) is 0 Å². The van der Waals surface area contributed by atoms with E-state index in [1.807, 2.05) is 0 Å². The topological polar surface area (TPSA) is 0 Å². The van der Waals surface area contributed by atoms with Crippen LogP contribution in [0, 0.1) is 6.92 Å². The van der Waals surface area contributed by atoms with E-state index >= 15 is 0 Å². The predicted octanol–water partition coefficient (Wildman–Crippen LogP) is 4.13. The van der Waals surface area contributed by atoms with Crippen LogP contribution < -0.4 is 0 Å². The van der Waals surface area contributed by atoms with Crippen LogP contribution in [0.5, 0.6) is 0 Å². The Labute approximate surface area is 92.6 Å². The minimum atomic E-state index is -0.183. The summed E-state index contributed by atoms with van der Waals surface area (Å²) in [5.74, 6) is 0.602. The normalized spacial score (nSPS) is 16.6. The van der Waals surface area contributed by atoms with E-state index in [1.54, 1.807) is 0 Å². The Hall–Kier alpha value is -0.660. The van der Waals surface area contributed by atoms with Crippen molar-refractivity contribution in [2.45, 2.75) is 17.7 Å². The third kappa shape index (κ3) is 1.89. The maximum absolute atomic E-state index is 5.79. The second-order valence-electron chi connectivity index (χ2n) is 3.34. The maximum Gasteiger partial charge on any atom is 0.0474 e. The van der Waals surface area contributed by atoms with Crippen LogP contribution in [0.3, 0.4) is 0 Å². The van der Waals surface area contributed by atoms with Crippen molar-refractivity contribution in [2.24, 2.45) is 0 Å². The number of alkyl halides is 1. The Balaban J connectivity index is 2.35. The molecule has 0 fully saturated rings. The molecule has 0 aliphatic carbocycles. The van der Waals surface area contributed by atoms with Gasteiger partial charge in [-0.1, -0.05) is 24.3 Å².